The average molecular weight is 525 g/mol. The van der Waals surface area contributed by atoms with Crippen LogP contribution in [-0.4, -0.2) is 20.7 Å². The van der Waals surface area contributed by atoms with E-state index in [1.54, 1.807) is 31.2 Å². The number of rotatable bonds is 5. The van der Waals surface area contributed by atoms with E-state index in [-0.39, 0.29) is 35.0 Å². The highest BCUT2D eigenvalue weighted by molar-refractivity contribution is 6.20. The largest absolute Gasteiger partial charge is 0.416 e. The maximum absolute atomic E-state index is 13.9. The third-order valence-corrected chi connectivity index (χ3v) is 7.40. The second-order valence-corrected chi connectivity index (χ2v) is 10.2. The van der Waals surface area contributed by atoms with Gasteiger partial charge in [-0.3, -0.25) is 9.36 Å². The van der Waals surface area contributed by atoms with Crippen LogP contribution in [-0.2, 0) is 18.1 Å². The molecule has 2 aromatic carbocycles. The molecule has 3 aromatic rings. The Balaban J connectivity index is 1.57. The molecule has 190 valence electrons. The number of carbonyl (C=O) groups excluding carboxylic acids is 1. The Kier molecular flexibility index (Phi) is 5.85. The van der Waals surface area contributed by atoms with Gasteiger partial charge in [-0.25, -0.2) is 0 Å². The zero-order chi connectivity index (χ0) is 26.0. The highest BCUT2D eigenvalue weighted by Gasteiger charge is 2.49. The van der Waals surface area contributed by atoms with Crippen molar-refractivity contribution in [2.75, 3.05) is 4.90 Å². The Hall–Kier alpha value is -3.01. The minimum atomic E-state index is -4.66. The van der Waals surface area contributed by atoms with Gasteiger partial charge in [0.15, 0.2) is 0 Å². The standard InChI is InChI=1S/C25H22ClF5N4O/c1-13-9-24(10-13,22-33-32-12-35(22)23(27)28)16-4-3-5-17(8-16)34-11-19-18(21(34)36)6-15(14(2)26)7-20(19)25(29,30)31/h3-8,12-14,23H,9-11H2,1-2H3. The van der Waals surface area contributed by atoms with Gasteiger partial charge in [-0.15, -0.1) is 21.8 Å². The van der Waals surface area contributed by atoms with Crippen LogP contribution >= 0.6 is 11.6 Å². The van der Waals surface area contributed by atoms with E-state index in [4.69, 9.17) is 11.6 Å². The molecule has 11 heteroatoms. The lowest BCUT2D eigenvalue weighted by molar-refractivity contribution is -0.138. The number of benzene rings is 2. The highest BCUT2D eigenvalue weighted by Crippen LogP contribution is 2.52. The molecule has 5 rings (SSSR count). The van der Waals surface area contributed by atoms with Crippen molar-refractivity contribution in [2.45, 2.75) is 56.8 Å². The van der Waals surface area contributed by atoms with Crippen LogP contribution < -0.4 is 4.90 Å². The fourth-order valence-electron chi connectivity index (χ4n) is 5.50. The molecule has 1 aromatic heterocycles. The van der Waals surface area contributed by atoms with Crippen LogP contribution in [0.2, 0.25) is 0 Å². The van der Waals surface area contributed by atoms with Gasteiger partial charge < -0.3 is 4.90 Å². The van der Waals surface area contributed by atoms with Crippen molar-refractivity contribution in [1.82, 2.24) is 14.8 Å². The van der Waals surface area contributed by atoms with E-state index >= 15 is 0 Å². The van der Waals surface area contributed by atoms with E-state index in [0.717, 1.165) is 17.0 Å². The molecule has 1 aliphatic carbocycles. The number of nitrogens with zero attached hydrogens (tertiary/aromatic N) is 4. The van der Waals surface area contributed by atoms with Gasteiger partial charge in [0.2, 0.25) is 0 Å². The SMILES string of the molecule is CC1CC(c2cccc(N3Cc4c(cc(C(C)Cl)cc4C(F)(F)F)C3=O)c2)(c2nncn2C(F)F)C1. The van der Waals surface area contributed by atoms with E-state index in [9.17, 15) is 26.7 Å². The fraction of sp³-hybridized carbons (Fsp3) is 0.400. The van der Waals surface area contributed by atoms with E-state index in [1.165, 1.54) is 11.0 Å². The van der Waals surface area contributed by atoms with Gasteiger partial charge in [0, 0.05) is 11.3 Å². The minimum absolute atomic E-state index is 0.0397. The minimum Gasteiger partial charge on any atom is -0.304 e. The molecule has 0 spiro atoms. The Morgan fingerprint density at radius 1 is 1.17 bits per heavy atom. The lowest BCUT2D eigenvalue weighted by Crippen LogP contribution is -2.43. The maximum atomic E-state index is 13.9. The van der Waals surface area contributed by atoms with Crippen molar-refractivity contribution in [3.8, 4) is 0 Å². The first kappa shape index (κ1) is 24.7. The summed E-state index contributed by atoms with van der Waals surface area (Å²) in [6.45, 7) is 0.460. The average Bonchev–Trinajstić information content (AvgIpc) is 3.41. The van der Waals surface area contributed by atoms with Crippen molar-refractivity contribution in [3.05, 3.63) is 76.4 Å². The first-order valence-electron chi connectivity index (χ1n) is 11.4. The summed E-state index contributed by atoms with van der Waals surface area (Å²) in [6.07, 6.45) is -2.57. The Bertz CT molecular complexity index is 1330. The monoisotopic (exact) mass is 524 g/mol. The lowest BCUT2D eigenvalue weighted by Gasteiger charge is -2.46. The number of amides is 1. The summed E-state index contributed by atoms with van der Waals surface area (Å²) >= 11 is 6.06. The van der Waals surface area contributed by atoms with Gasteiger partial charge in [0.25, 0.3) is 5.91 Å². The van der Waals surface area contributed by atoms with Crippen LogP contribution in [0.3, 0.4) is 0 Å². The van der Waals surface area contributed by atoms with Crippen molar-refractivity contribution >= 4 is 23.2 Å². The van der Waals surface area contributed by atoms with Crippen LogP contribution in [0.4, 0.5) is 27.6 Å². The van der Waals surface area contributed by atoms with Gasteiger partial charge in [-0.2, -0.15) is 22.0 Å². The molecule has 0 bridgehead atoms. The molecule has 2 aliphatic rings. The molecular weight excluding hydrogens is 503 g/mol. The Morgan fingerprint density at radius 2 is 1.89 bits per heavy atom. The van der Waals surface area contributed by atoms with Crippen LogP contribution in [0.5, 0.6) is 0 Å². The van der Waals surface area contributed by atoms with Gasteiger partial charge in [0.1, 0.15) is 12.2 Å². The molecule has 5 nitrogen and oxygen atoms in total. The van der Waals surface area contributed by atoms with E-state index < -0.39 is 35.0 Å². The predicted molar refractivity (Wildman–Crippen MR) is 123 cm³/mol. The number of hydrogen-bond acceptors (Lipinski definition) is 3. The number of fused-ring (bicyclic) bond motifs is 1. The van der Waals surface area contributed by atoms with Crippen LogP contribution in [0, 0.1) is 5.92 Å². The number of anilines is 1. The van der Waals surface area contributed by atoms with Crippen LogP contribution in [0.15, 0.2) is 42.7 Å². The van der Waals surface area contributed by atoms with Gasteiger partial charge in [-0.05, 0) is 66.6 Å². The Morgan fingerprint density at radius 3 is 2.50 bits per heavy atom. The second-order valence-electron chi connectivity index (χ2n) is 9.58. The van der Waals surface area contributed by atoms with E-state index in [2.05, 4.69) is 10.2 Å². The summed E-state index contributed by atoms with van der Waals surface area (Å²) in [5.41, 5.74) is -0.627. The third kappa shape index (κ3) is 3.86. The Labute approximate surface area is 208 Å². The number of alkyl halides is 6. The quantitative estimate of drug-likeness (QED) is 0.270. The normalized spacial score (nSPS) is 22.6. The van der Waals surface area contributed by atoms with Crippen LogP contribution in [0.25, 0.3) is 0 Å². The van der Waals surface area contributed by atoms with Crippen molar-refractivity contribution < 1.29 is 26.7 Å². The van der Waals surface area contributed by atoms with Crippen LogP contribution in [0.1, 0.15) is 77.1 Å². The smallest absolute Gasteiger partial charge is 0.304 e. The zero-order valence-electron chi connectivity index (χ0n) is 19.4. The fourth-order valence-corrected chi connectivity index (χ4v) is 5.62. The zero-order valence-corrected chi connectivity index (χ0v) is 20.1. The third-order valence-electron chi connectivity index (χ3n) is 7.14. The van der Waals surface area contributed by atoms with Crippen molar-refractivity contribution in [2.24, 2.45) is 5.92 Å². The summed E-state index contributed by atoms with van der Waals surface area (Å²) in [7, 11) is 0. The molecule has 1 saturated carbocycles. The maximum Gasteiger partial charge on any atom is 0.416 e. The predicted octanol–water partition coefficient (Wildman–Crippen LogP) is 6.87. The molecule has 1 atom stereocenters. The van der Waals surface area contributed by atoms with Gasteiger partial charge in [0.05, 0.1) is 22.9 Å². The molecular formula is C25H22ClF5N4O. The lowest BCUT2D eigenvalue weighted by atomic mass is 9.58. The summed E-state index contributed by atoms with van der Waals surface area (Å²) < 4.78 is 69.6. The second kappa shape index (κ2) is 8.54. The molecule has 1 amide bonds. The van der Waals surface area contributed by atoms with Gasteiger partial charge >= 0.3 is 12.7 Å². The summed E-state index contributed by atoms with van der Waals surface area (Å²) in [6, 6.07) is 9.14. The highest BCUT2D eigenvalue weighted by atomic mass is 35.5. The molecule has 0 N–H and O–H groups in total. The van der Waals surface area contributed by atoms with Crippen molar-refractivity contribution in [1.29, 1.82) is 0 Å². The molecule has 1 fully saturated rings. The molecule has 2 heterocycles. The van der Waals surface area contributed by atoms with E-state index in [1.807, 2.05) is 6.92 Å². The molecule has 0 radical (unpaired) electrons. The summed E-state index contributed by atoms with van der Waals surface area (Å²) in [5, 5.41) is 6.97. The number of halogens is 6. The van der Waals surface area contributed by atoms with Crippen molar-refractivity contribution in [3.63, 3.8) is 0 Å². The molecule has 36 heavy (non-hydrogen) atoms. The first-order valence-corrected chi connectivity index (χ1v) is 11.8. The molecule has 1 aliphatic heterocycles. The number of carbonyl (C=O) groups is 1. The van der Waals surface area contributed by atoms with E-state index in [0.29, 0.717) is 24.1 Å². The molecule has 0 saturated heterocycles. The summed E-state index contributed by atoms with van der Waals surface area (Å²) in [4.78, 5) is 14.6. The number of aromatic nitrogens is 3. The topological polar surface area (TPSA) is 51.0 Å². The summed E-state index contributed by atoms with van der Waals surface area (Å²) in [5.74, 6) is -0.193. The number of hydrogen-bond donors (Lipinski definition) is 0. The first-order chi connectivity index (χ1) is 16.9. The van der Waals surface area contributed by atoms with Gasteiger partial charge in [-0.1, -0.05) is 19.1 Å². The molecule has 1 unspecified atom stereocenters.